The van der Waals surface area contributed by atoms with Gasteiger partial charge in [-0.3, -0.25) is 4.79 Å². The van der Waals surface area contributed by atoms with Crippen LogP contribution >= 0.6 is 11.3 Å². The monoisotopic (exact) mass is 395 g/mol. The number of carbonyl (C=O) groups excluding carboxylic acids is 1. The smallest absolute Gasteiger partial charge is 0.210 e. The van der Waals surface area contributed by atoms with Crippen molar-refractivity contribution in [1.29, 1.82) is 0 Å². The second kappa shape index (κ2) is 8.23. The molecule has 4 rings (SSSR count). The molecule has 5 heteroatoms. The largest absolute Gasteiger partial charge is 0.493 e. The first-order chi connectivity index (χ1) is 13.7. The fourth-order valence-corrected chi connectivity index (χ4v) is 5.12. The highest BCUT2D eigenvalue weighted by Crippen LogP contribution is 2.40. The fourth-order valence-electron chi connectivity index (χ4n) is 4.04. The van der Waals surface area contributed by atoms with Gasteiger partial charge in [-0.25, -0.2) is 0 Å². The van der Waals surface area contributed by atoms with Crippen LogP contribution in [0.1, 0.15) is 35.4 Å². The van der Waals surface area contributed by atoms with Gasteiger partial charge in [0.05, 0.1) is 19.8 Å². The summed E-state index contributed by atoms with van der Waals surface area (Å²) in [7, 11) is 1.67. The van der Waals surface area contributed by atoms with Crippen molar-refractivity contribution in [3.8, 4) is 11.5 Å². The number of nitrogens with zero attached hydrogens (tertiary/aromatic N) is 1. The molecule has 3 aromatic rings. The van der Waals surface area contributed by atoms with Crippen LogP contribution in [0.15, 0.2) is 42.5 Å². The van der Waals surface area contributed by atoms with E-state index in [-0.39, 0.29) is 6.04 Å². The lowest BCUT2D eigenvalue weighted by Crippen LogP contribution is -2.34. The molecule has 146 valence electrons. The third-order valence-corrected chi connectivity index (χ3v) is 6.58. The number of benzene rings is 2. The maximum absolute atomic E-state index is 11.7. The van der Waals surface area contributed by atoms with Crippen molar-refractivity contribution in [2.75, 3.05) is 20.3 Å². The van der Waals surface area contributed by atoms with Gasteiger partial charge in [-0.15, -0.1) is 11.3 Å². The predicted octanol–water partition coefficient (Wildman–Crippen LogP) is 5.00. The highest BCUT2D eigenvalue weighted by Gasteiger charge is 2.28. The number of hydrogen-bond acceptors (Lipinski definition) is 4. The molecule has 0 bridgehead atoms. The third kappa shape index (κ3) is 3.59. The van der Waals surface area contributed by atoms with Crippen molar-refractivity contribution in [2.45, 2.75) is 32.2 Å². The molecule has 1 amide bonds. The molecule has 28 heavy (non-hydrogen) atoms. The minimum Gasteiger partial charge on any atom is -0.493 e. The second-order valence-electron chi connectivity index (χ2n) is 7.03. The number of aryl methyl sites for hydroxylation is 1. The molecular weight excluding hydrogens is 370 g/mol. The van der Waals surface area contributed by atoms with Crippen LogP contribution in [-0.4, -0.2) is 31.6 Å². The second-order valence-corrected chi connectivity index (χ2v) is 8.20. The van der Waals surface area contributed by atoms with Crippen LogP contribution in [-0.2, 0) is 17.6 Å². The van der Waals surface area contributed by atoms with E-state index < -0.39 is 0 Å². The van der Waals surface area contributed by atoms with Crippen LogP contribution in [0.2, 0.25) is 0 Å². The Hall–Kier alpha value is -2.53. The van der Waals surface area contributed by atoms with Crippen molar-refractivity contribution in [2.24, 2.45) is 0 Å². The van der Waals surface area contributed by atoms with Gasteiger partial charge in [-0.2, -0.15) is 0 Å². The Morgan fingerprint density at radius 1 is 1.21 bits per heavy atom. The van der Waals surface area contributed by atoms with E-state index in [1.807, 2.05) is 23.2 Å². The number of hydrogen-bond donors (Lipinski definition) is 0. The summed E-state index contributed by atoms with van der Waals surface area (Å²) < 4.78 is 12.6. The standard InChI is InChI=1S/C23H25NO3S/c1-3-27-22-14-19-16(13-21(22)26-2)10-11-24(15-25)20(19)9-8-18-12-17-6-4-5-7-23(17)28-18/h4-7,12-15,20H,3,8-11H2,1-2H3. The Balaban J connectivity index is 1.63. The van der Waals surface area contributed by atoms with Crippen LogP contribution in [0, 0.1) is 0 Å². The molecule has 0 saturated carbocycles. The highest BCUT2D eigenvalue weighted by molar-refractivity contribution is 7.19. The summed E-state index contributed by atoms with van der Waals surface area (Å²) in [5.41, 5.74) is 2.43. The summed E-state index contributed by atoms with van der Waals surface area (Å²) in [5.74, 6) is 1.52. The van der Waals surface area contributed by atoms with Crippen LogP contribution in [0.25, 0.3) is 10.1 Å². The minimum atomic E-state index is 0.0663. The van der Waals surface area contributed by atoms with Crippen molar-refractivity contribution < 1.29 is 14.3 Å². The molecule has 0 spiro atoms. The topological polar surface area (TPSA) is 38.8 Å². The zero-order valence-electron chi connectivity index (χ0n) is 16.3. The number of thiophene rings is 1. The van der Waals surface area contributed by atoms with Gasteiger partial charge >= 0.3 is 0 Å². The van der Waals surface area contributed by atoms with Gasteiger partial charge < -0.3 is 14.4 Å². The molecule has 4 nitrogen and oxygen atoms in total. The number of rotatable bonds is 7. The lowest BCUT2D eigenvalue weighted by atomic mass is 9.89. The summed E-state index contributed by atoms with van der Waals surface area (Å²) in [6.45, 7) is 3.29. The molecule has 1 aliphatic rings. The average Bonchev–Trinajstić information content (AvgIpc) is 3.14. The SMILES string of the molecule is CCOc1cc2c(cc1OC)CCN(C=O)C2CCc1cc2ccccc2s1. The summed E-state index contributed by atoms with van der Waals surface area (Å²) in [4.78, 5) is 15.0. The van der Waals surface area contributed by atoms with Crippen molar-refractivity contribution in [3.05, 3.63) is 58.5 Å². The molecule has 1 unspecified atom stereocenters. The Kier molecular flexibility index (Phi) is 5.53. The first-order valence-corrected chi connectivity index (χ1v) is 10.6. The molecule has 0 fully saturated rings. The summed E-state index contributed by atoms with van der Waals surface area (Å²) in [5, 5.41) is 1.29. The number of methoxy groups -OCH3 is 1. The van der Waals surface area contributed by atoms with Gasteiger partial charge in [0.15, 0.2) is 11.5 Å². The quantitative estimate of drug-likeness (QED) is 0.529. The average molecular weight is 396 g/mol. The van der Waals surface area contributed by atoms with Crippen LogP contribution in [0.4, 0.5) is 0 Å². The van der Waals surface area contributed by atoms with Gasteiger partial charge in [0.25, 0.3) is 0 Å². The zero-order chi connectivity index (χ0) is 19.5. The van der Waals surface area contributed by atoms with E-state index in [0.717, 1.165) is 43.7 Å². The van der Waals surface area contributed by atoms with Crippen molar-refractivity contribution >= 4 is 27.8 Å². The van der Waals surface area contributed by atoms with E-state index in [0.29, 0.717) is 6.61 Å². The molecule has 1 aliphatic heterocycles. The van der Waals surface area contributed by atoms with Gasteiger partial charge in [0, 0.05) is 16.1 Å². The van der Waals surface area contributed by atoms with E-state index in [9.17, 15) is 4.79 Å². The van der Waals surface area contributed by atoms with E-state index >= 15 is 0 Å². The van der Waals surface area contributed by atoms with Crippen LogP contribution < -0.4 is 9.47 Å². The van der Waals surface area contributed by atoms with Gasteiger partial charge in [-0.1, -0.05) is 18.2 Å². The highest BCUT2D eigenvalue weighted by atomic mass is 32.1. The lowest BCUT2D eigenvalue weighted by Gasteiger charge is -2.35. The molecule has 0 radical (unpaired) electrons. The molecule has 2 heterocycles. The maximum atomic E-state index is 11.7. The minimum absolute atomic E-state index is 0.0663. The lowest BCUT2D eigenvalue weighted by molar-refractivity contribution is -0.120. The van der Waals surface area contributed by atoms with Crippen molar-refractivity contribution in [3.63, 3.8) is 0 Å². The molecule has 0 N–H and O–H groups in total. The number of amides is 1. The number of fused-ring (bicyclic) bond motifs is 2. The first-order valence-electron chi connectivity index (χ1n) is 9.75. The molecule has 0 aliphatic carbocycles. The Morgan fingerprint density at radius 2 is 2.07 bits per heavy atom. The Labute approximate surface area is 169 Å². The van der Waals surface area contributed by atoms with E-state index in [1.165, 1.54) is 26.1 Å². The first kappa shape index (κ1) is 18.8. The Morgan fingerprint density at radius 3 is 2.82 bits per heavy atom. The Bertz CT molecular complexity index is 948. The summed E-state index contributed by atoms with van der Waals surface area (Å²) >= 11 is 1.84. The molecule has 0 saturated heterocycles. The maximum Gasteiger partial charge on any atom is 0.210 e. The van der Waals surface area contributed by atoms with Crippen LogP contribution in [0.3, 0.4) is 0 Å². The van der Waals surface area contributed by atoms with Gasteiger partial charge in [0.1, 0.15) is 0 Å². The number of ether oxygens (including phenoxy) is 2. The van der Waals surface area contributed by atoms with E-state index in [1.54, 1.807) is 7.11 Å². The molecular formula is C23H25NO3S. The molecule has 1 atom stereocenters. The van der Waals surface area contributed by atoms with Gasteiger partial charge in [-0.05, 0) is 67.0 Å². The van der Waals surface area contributed by atoms with Gasteiger partial charge in [0.2, 0.25) is 6.41 Å². The summed E-state index contributed by atoms with van der Waals surface area (Å²) in [6, 6.07) is 15.0. The zero-order valence-corrected chi connectivity index (χ0v) is 17.1. The predicted molar refractivity (Wildman–Crippen MR) is 114 cm³/mol. The van der Waals surface area contributed by atoms with E-state index in [4.69, 9.17) is 9.47 Å². The normalized spacial score (nSPS) is 16.1. The van der Waals surface area contributed by atoms with Crippen LogP contribution in [0.5, 0.6) is 11.5 Å². The van der Waals surface area contributed by atoms with Crippen molar-refractivity contribution in [1.82, 2.24) is 4.90 Å². The van der Waals surface area contributed by atoms with E-state index in [2.05, 4.69) is 42.5 Å². The molecule has 1 aromatic heterocycles. The molecule has 2 aromatic carbocycles. The summed E-state index contributed by atoms with van der Waals surface area (Å²) in [6.07, 6.45) is 3.68. The third-order valence-electron chi connectivity index (χ3n) is 5.40. The number of carbonyl (C=O) groups is 1. The fraction of sp³-hybridized carbons (Fsp3) is 0.348.